The standard InChI is InChI=1S/C15H11FN2O2/c16-13-7-11(9-17)4-5-14(13)18-15(20)8-10-2-1-3-12(19)6-10/h1-7,19H,8H2,(H,18,20). The van der Waals surface area contributed by atoms with Crippen LogP contribution in [0.5, 0.6) is 5.75 Å². The van der Waals surface area contributed by atoms with Gasteiger partial charge in [-0.1, -0.05) is 12.1 Å². The molecule has 0 aromatic heterocycles. The van der Waals surface area contributed by atoms with Crippen LogP contribution in [0.2, 0.25) is 0 Å². The first kappa shape index (κ1) is 13.6. The van der Waals surface area contributed by atoms with Gasteiger partial charge < -0.3 is 10.4 Å². The SMILES string of the molecule is N#Cc1ccc(NC(=O)Cc2cccc(O)c2)c(F)c1. The Balaban J connectivity index is 2.07. The van der Waals surface area contributed by atoms with Crippen molar-refractivity contribution in [3.63, 3.8) is 0 Å². The fraction of sp³-hybridized carbons (Fsp3) is 0.0667. The van der Waals surface area contributed by atoms with Gasteiger partial charge in [-0.25, -0.2) is 4.39 Å². The number of phenolic OH excluding ortho intramolecular Hbond substituents is 1. The van der Waals surface area contributed by atoms with Crippen LogP contribution in [0.3, 0.4) is 0 Å². The summed E-state index contributed by atoms with van der Waals surface area (Å²) in [4.78, 5) is 11.8. The van der Waals surface area contributed by atoms with E-state index >= 15 is 0 Å². The average Bonchev–Trinajstić information content (AvgIpc) is 2.41. The van der Waals surface area contributed by atoms with Gasteiger partial charge in [0.2, 0.25) is 5.91 Å². The molecule has 0 saturated heterocycles. The Kier molecular flexibility index (Phi) is 3.96. The molecule has 100 valence electrons. The van der Waals surface area contributed by atoms with E-state index in [0.29, 0.717) is 5.56 Å². The van der Waals surface area contributed by atoms with E-state index in [1.165, 1.54) is 24.3 Å². The van der Waals surface area contributed by atoms with Gasteiger partial charge in [0.1, 0.15) is 11.6 Å². The second-order valence-corrected chi connectivity index (χ2v) is 4.20. The van der Waals surface area contributed by atoms with Gasteiger partial charge in [-0.3, -0.25) is 4.79 Å². The molecule has 0 spiro atoms. The third-order valence-electron chi connectivity index (χ3n) is 2.65. The van der Waals surface area contributed by atoms with E-state index in [1.807, 2.05) is 6.07 Å². The monoisotopic (exact) mass is 270 g/mol. The lowest BCUT2D eigenvalue weighted by Crippen LogP contribution is -2.15. The van der Waals surface area contributed by atoms with E-state index in [2.05, 4.69) is 5.32 Å². The predicted octanol–water partition coefficient (Wildman–Crippen LogP) is 2.58. The van der Waals surface area contributed by atoms with Gasteiger partial charge >= 0.3 is 0 Å². The molecule has 2 aromatic carbocycles. The molecule has 20 heavy (non-hydrogen) atoms. The Labute approximate surface area is 115 Å². The molecule has 0 unspecified atom stereocenters. The fourth-order valence-electron chi connectivity index (χ4n) is 1.73. The van der Waals surface area contributed by atoms with E-state index in [9.17, 15) is 14.3 Å². The van der Waals surface area contributed by atoms with Crippen LogP contribution in [-0.4, -0.2) is 11.0 Å². The molecule has 0 fully saturated rings. The maximum Gasteiger partial charge on any atom is 0.228 e. The second kappa shape index (κ2) is 5.85. The first-order valence-corrected chi connectivity index (χ1v) is 5.86. The number of amides is 1. The normalized spacial score (nSPS) is 9.80. The smallest absolute Gasteiger partial charge is 0.228 e. The number of aromatic hydroxyl groups is 1. The highest BCUT2D eigenvalue weighted by Crippen LogP contribution is 2.16. The number of carbonyl (C=O) groups is 1. The Hall–Kier alpha value is -2.87. The zero-order chi connectivity index (χ0) is 14.5. The number of nitrogens with one attached hydrogen (secondary N) is 1. The molecule has 5 heteroatoms. The van der Waals surface area contributed by atoms with E-state index in [-0.39, 0.29) is 23.4 Å². The lowest BCUT2D eigenvalue weighted by Gasteiger charge is -2.07. The van der Waals surface area contributed by atoms with Gasteiger partial charge in [0, 0.05) is 0 Å². The topological polar surface area (TPSA) is 73.1 Å². The number of rotatable bonds is 3. The molecule has 0 aliphatic rings. The van der Waals surface area contributed by atoms with Crippen LogP contribution in [0, 0.1) is 17.1 Å². The highest BCUT2D eigenvalue weighted by atomic mass is 19.1. The highest BCUT2D eigenvalue weighted by Gasteiger charge is 2.09. The summed E-state index contributed by atoms with van der Waals surface area (Å²) in [6, 6.07) is 11.9. The highest BCUT2D eigenvalue weighted by molar-refractivity contribution is 5.92. The van der Waals surface area contributed by atoms with Crippen LogP contribution in [-0.2, 0) is 11.2 Å². The zero-order valence-electron chi connectivity index (χ0n) is 10.4. The van der Waals surface area contributed by atoms with Crippen LogP contribution in [0.4, 0.5) is 10.1 Å². The lowest BCUT2D eigenvalue weighted by molar-refractivity contribution is -0.115. The Bertz CT molecular complexity index is 693. The summed E-state index contributed by atoms with van der Waals surface area (Å²) in [5, 5.41) is 20.3. The van der Waals surface area contributed by atoms with Gasteiger partial charge in [0.05, 0.1) is 23.7 Å². The number of halogens is 1. The summed E-state index contributed by atoms with van der Waals surface area (Å²) in [5.41, 5.74) is 0.833. The molecular formula is C15H11FN2O2. The third-order valence-corrected chi connectivity index (χ3v) is 2.65. The summed E-state index contributed by atoms with van der Waals surface area (Å²) in [7, 11) is 0. The zero-order valence-corrected chi connectivity index (χ0v) is 10.4. The molecule has 2 aromatic rings. The molecular weight excluding hydrogens is 259 g/mol. The van der Waals surface area contributed by atoms with Crippen molar-refractivity contribution < 1.29 is 14.3 Å². The first-order valence-electron chi connectivity index (χ1n) is 5.86. The van der Waals surface area contributed by atoms with E-state index in [0.717, 1.165) is 6.07 Å². The number of hydrogen-bond acceptors (Lipinski definition) is 3. The molecule has 0 aliphatic carbocycles. The maximum atomic E-state index is 13.6. The van der Waals surface area contributed by atoms with Crippen molar-refractivity contribution in [2.45, 2.75) is 6.42 Å². The molecule has 0 aliphatic heterocycles. The fourth-order valence-corrected chi connectivity index (χ4v) is 1.73. The van der Waals surface area contributed by atoms with Gasteiger partial charge in [0.25, 0.3) is 0 Å². The number of phenols is 1. The molecule has 0 atom stereocenters. The van der Waals surface area contributed by atoms with Crippen LogP contribution in [0.25, 0.3) is 0 Å². The largest absolute Gasteiger partial charge is 0.508 e. The van der Waals surface area contributed by atoms with Crippen molar-refractivity contribution in [3.05, 3.63) is 59.4 Å². The lowest BCUT2D eigenvalue weighted by atomic mass is 10.1. The number of hydrogen-bond donors (Lipinski definition) is 2. The summed E-state index contributed by atoms with van der Waals surface area (Å²) < 4.78 is 13.6. The van der Waals surface area contributed by atoms with Crippen molar-refractivity contribution in [1.82, 2.24) is 0 Å². The molecule has 1 amide bonds. The van der Waals surface area contributed by atoms with Crippen molar-refractivity contribution in [3.8, 4) is 11.8 Å². The minimum absolute atomic E-state index is 0.0217. The van der Waals surface area contributed by atoms with Crippen molar-refractivity contribution >= 4 is 11.6 Å². The van der Waals surface area contributed by atoms with Crippen LogP contribution >= 0.6 is 0 Å². The minimum atomic E-state index is -0.659. The molecule has 2 rings (SSSR count). The molecule has 0 saturated carbocycles. The Morgan fingerprint density at radius 1 is 1.30 bits per heavy atom. The van der Waals surface area contributed by atoms with Gasteiger partial charge in [-0.15, -0.1) is 0 Å². The average molecular weight is 270 g/mol. The summed E-state index contributed by atoms with van der Waals surface area (Å²) in [6.45, 7) is 0. The summed E-state index contributed by atoms with van der Waals surface area (Å²) in [5.74, 6) is -0.993. The second-order valence-electron chi connectivity index (χ2n) is 4.20. The van der Waals surface area contributed by atoms with Crippen LogP contribution in [0.15, 0.2) is 42.5 Å². The third kappa shape index (κ3) is 3.33. The number of benzene rings is 2. The van der Waals surface area contributed by atoms with Crippen LogP contribution in [0.1, 0.15) is 11.1 Å². The molecule has 0 heterocycles. The predicted molar refractivity (Wildman–Crippen MR) is 71.6 cm³/mol. The van der Waals surface area contributed by atoms with E-state index in [4.69, 9.17) is 5.26 Å². The Morgan fingerprint density at radius 3 is 2.75 bits per heavy atom. The van der Waals surface area contributed by atoms with Crippen molar-refractivity contribution in [2.75, 3.05) is 5.32 Å². The van der Waals surface area contributed by atoms with E-state index in [1.54, 1.807) is 12.1 Å². The molecule has 0 bridgehead atoms. The quantitative estimate of drug-likeness (QED) is 0.900. The Morgan fingerprint density at radius 2 is 2.10 bits per heavy atom. The van der Waals surface area contributed by atoms with Gasteiger partial charge in [0.15, 0.2) is 0 Å². The summed E-state index contributed by atoms with van der Waals surface area (Å²) >= 11 is 0. The van der Waals surface area contributed by atoms with Gasteiger partial charge in [-0.2, -0.15) is 5.26 Å². The first-order chi connectivity index (χ1) is 9.58. The van der Waals surface area contributed by atoms with E-state index < -0.39 is 11.7 Å². The number of nitriles is 1. The molecule has 2 N–H and O–H groups in total. The van der Waals surface area contributed by atoms with Crippen LogP contribution < -0.4 is 5.32 Å². The minimum Gasteiger partial charge on any atom is -0.508 e. The van der Waals surface area contributed by atoms with Gasteiger partial charge in [-0.05, 0) is 35.9 Å². The van der Waals surface area contributed by atoms with Crippen molar-refractivity contribution in [1.29, 1.82) is 5.26 Å². The molecule has 0 radical (unpaired) electrons. The number of carbonyl (C=O) groups excluding carboxylic acids is 1. The van der Waals surface area contributed by atoms with Crippen molar-refractivity contribution in [2.24, 2.45) is 0 Å². The molecule has 4 nitrogen and oxygen atoms in total. The number of anilines is 1. The number of nitrogens with zero attached hydrogens (tertiary/aromatic N) is 1. The summed E-state index contributed by atoms with van der Waals surface area (Å²) in [6.07, 6.45) is 0.0217. The maximum absolute atomic E-state index is 13.6.